The number of nitrogens with zero attached hydrogens (tertiary/aromatic N) is 2. The highest BCUT2D eigenvalue weighted by Crippen LogP contribution is 2.43. The number of aryl methyl sites for hydroxylation is 2. The molecule has 2 amide bonds. The third-order valence-electron chi connectivity index (χ3n) is 10.6. The Morgan fingerprint density at radius 3 is 1.57 bits per heavy atom. The van der Waals surface area contributed by atoms with Gasteiger partial charge in [0.15, 0.2) is 0 Å². The molecule has 286 valence electrons. The van der Waals surface area contributed by atoms with Gasteiger partial charge >= 0.3 is 12.4 Å². The predicted octanol–water partition coefficient (Wildman–Crippen LogP) is 13.2. The fourth-order valence-electron chi connectivity index (χ4n) is 8.04. The van der Waals surface area contributed by atoms with Crippen molar-refractivity contribution in [2.24, 2.45) is 0 Å². The Labute approximate surface area is 328 Å². The Hall–Kier alpha value is -6.94. The molecule has 0 saturated heterocycles. The number of anilines is 1. The van der Waals surface area contributed by atoms with Gasteiger partial charge in [0.25, 0.3) is 11.8 Å². The fourth-order valence-corrected chi connectivity index (χ4v) is 8.04. The molecule has 7 aromatic carbocycles. The molecule has 0 aliphatic carbocycles. The number of carbonyl (C=O) groups is 2. The van der Waals surface area contributed by atoms with Gasteiger partial charge in [0, 0.05) is 10.8 Å². The first kappa shape index (κ1) is 36.7. The lowest BCUT2D eigenvalue weighted by atomic mass is 9.97. The van der Waals surface area contributed by atoms with Crippen molar-refractivity contribution in [1.82, 2.24) is 4.57 Å². The summed E-state index contributed by atoms with van der Waals surface area (Å²) in [5.74, 6) is -1.11. The number of alkyl halides is 6. The lowest BCUT2D eigenvalue weighted by molar-refractivity contribution is -0.143. The van der Waals surface area contributed by atoms with Crippen LogP contribution in [0.1, 0.15) is 43.0 Å². The summed E-state index contributed by atoms with van der Waals surface area (Å²) in [6.45, 7) is 3.98. The summed E-state index contributed by atoms with van der Waals surface area (Å²) < 4.78 is 85.7. The summed E-state index contributed by atoms with van der Waals surface area (Å²) in [4.78, 5) is 29.9. The summed E-state index contributed by atoms with van der Waals surface area (Å²) in [6.07, 6.45) is -10.1. The van der Waals surface area contributed by atoms with Gasteiger partial charge < -0.3 is 4.57 Å². The first-order valence-corrected chi connectivity index (χ1v) is 18.3. The highest BCUT2D eigenvalue weighted by atomic mass is 19.4. The summed E-state index contributed by atoms with van der Waals surface area (Å²) >= 11 is 0. The topological polar surface area (TPSA) is 42.3 Å². The third-order valence-corrected chi connectivity index (χ3v) is 10.6. The van der Waals surface area contributed by atoms with Crippen LogP contribution in [0.2, 0.25) is 0 Å². The maximum atomic E-state index is 14.6. The Morgan fingerprint density at radius 2 is 0.983 bits per heavy atom. The van der Waals surface area contributed by atoms with Crippen LogP contribution in [0.15, 0.2) is 146 Å². The van der Waals surface area contributed by atoms with Gasteiger partial charge in [0.2, 0.25) is 0 Å². The van der Waals surface area contributed by atoms with Gasteiger partial charge in [-0.25, -0.2) is 4.90 Å². The van der Waals surface area contributed by atoms with Gasteiger partial charge in [0.1, 0.15) is 0 Å². The van der Waals surface area contributed by atoms with Crippen molar-refractivity contribution in [3.05, 3.63) is 179 Å². The molecular weight excluding hydrogens is 751 g/mol. The van der Waals surface area contributed by atoms with Crippen LogP contribution in [-0.4, -0.2) is 16.4 Å². The summed E-state index contributed by atoms with van der Waals surface area (Å²) in [5.41, 5.74) is 4.46. The molecule has 58 heavy (non-hydrogen) atoms. The Balaban J connectivity index is 1.28. The second kappa shape index (κ2) is 13.3. The van der Waals surface area contributed by atoms with E-state index in [9.17, 15) is 35.9 Å². The van der Waals surface area contributed by atoms with Gasteiger partial charge in [-0.05, 0) is 102 Å². The number of benzene rings is 7. The zero-order valence-corrected chi connectivity index (χ0v) is 30.8. The molecule has 10 heteroatoms. The number of imide groups is 1. The minimum atomic E-state index is -5.04. The Morgan fingerprint density at radius 1 is 0.448 bits per heavy atom. The number of hydrogen-bond acceptors (Lipinski definition) is 2. The standard InChI is InChI=1S/C48H30F6N2O2/c1-27-18-28(2)20-33(19-27)31-14-16-38-39-17-15-32(34-21-35(47(49,50)51)26-36(22-34)48(52,53)54)25-43(39)56(42(38)24-31)41-13-7-12-40-44(41)46(58)55(45(40)57)37-11-6-10-30(23-37)29-8-4-3-5-9-29/h3-26H,1-2H3. The van der Waals surface area contributed by atoms with E-state index in [-0.39, 0.29) is 28.3 Å². The smallest absolute Gasteiger partial charge is 0.308 e. The summed E-state index contributed by atoms with van der Waals surface area (Å²) in [7, 11) is 0. The quantitative estimate of drug-likeness (QED) is 0.129. The van der Waals surface area contributed by atoms with Crippen LogP contribution < -0.4 is 4.90 Å². The highest BCUT2D eigenvalue weighted by molar-refractivity contribution is 6.36. The van der Waals surface area contributed by atoms with E-state index in [1.54, 1.807) is 47.0 Å². The van der Waals surface area contributed by atoms with Crippen molar-refractivity contribution in [2.45, 2.75) is 26.2 Å². The first-order valence-electron chi connectivity index (χ1n) is 18.3. The van der Waals surface area contributed by atoms with Crippen LogP contribution in [0.3, 0.4) is 0 Å². The summed E-state index contributed by atoms with van der Waals surface area (Å²) in [5, 5.41) is 1.35. The molecule has 1 aliphatic rings. The van der Waals surface area contributed by atoms with Gasteiger partial charge in [-0.15, -0.1) is 0 Å². The minimum Gasteiger partial charge on any atom is -0.308 e. The molecule has 0 bridgehead atoms. The number of halogens is 6. The Bertz CT molecular complexity index is 2950. The van der Waals surface area contributed by atoms with E-state index in [0.717, 1.165) is 43.7 Å². The molecule has 0 unspecified atom stereocenters. The monoisotopic (exact) mass is 780 g/mol. The van der Waals surface area contributed by atoms with E-state index in [4.69, 9.17) is 0 Å². The van der Waals surface area contributed by atoms with Crippen LogP contribution in [0.25, 0.3) is 60.9 Å². The maximum absolute atomic E-state index is 14.6. The zero-order valence-electron chi connectivity index (χ0n) is 30.8. The molecule has 0 atom stereocenters. The van der Waals surface area contributed by atoms with Crippen molar-refractivity contribution in [3.8, 4) is 39.1 Å². The molecule has 1 aliphatic heterocycles. The average Bonchev–Trinajstić information content (AvgIpc) is 3.66. The van der Waals surface area contributed by atoms with Crippen molar-refractivity contribution >= 4 is 39.3 Å². The highest BCUT2D eigenvalue weighted by Gasteiger charge is 2.40. The van der Waals surface area contributed by atoms with E-state index < -0.39 is 35.3 Å². The van der Waals surface area contributed by atoms with Crippen LogP contribution in [0.4, 0.5) is 32.0 Å². The van der Waals surface area contributed by atoms with Crippen LogP contribution >= 0.6 is 0 Å². The maximum Gasteiger partial charge on any atom is 0.416 e. The van der Waals surface area contributed by atoms with Crippen molar-refractivity contribution < 1.29 is 35.9 Å². The largest absolute Gasteiger partial charge is 0.416 e. The molecule has 0 spiro atoms. The normalized spacial score (nSPS) is 13.2. The number of aromatic nitrogens is 1. The van der Waals surface area contributed by atoms with E-state index in [1.807, 2.05) is 80.6 Å². The molecule has 0 N–H and O–H groups in total. The van der Waals surface area contributed by atoms with Crippen molar-refractivity contribution in [1.29, 1.82) is 0 Å². The average molecular weight is 781 g/mol. The van der Waals surface area contributed by atoms with Gasteiger partial charge in [-0.3, -0.25) is 9.59 Å². The molecule has 1 aromatic heterocycles. The van der Waals surface area contributed by atoms with Gasteiger partial charge in [-0.2, -0.15) is 26.3 Å². The molecule has 9 rings (SSSR count). The lowest BCUT2D eigenvalue weighted by Crippen LogP contribution is -2.29. The van der Waals surface area contributed by atoms with E-state index in [1.165, 1.54) is 12.1 Å². The number of hydrogen-bond donors (Lipinski definition) is 0. The second-order valence-electron chi connectivity index (χ2n) is 14.5. The lowest BCUT2D eigenvalue weighted by Gasteiger charge is -2.16. The third kappa shape index (κ3) is 6.21. The number of carbonyl (C=O) groups excluding carboxylic acids is 2. The summed E-state index contributed by atoms with van der Waals surface area (Å²) in [6, 6.07) is 39.6. The van der Waals surface area contributed by atoms with Crippen LogP contribution in [-0.2, 0) is 12.4 Å². The number of rotatable bonds is 5. The van der Waals surface area contributed by atoms with Crippen molar-refractivity contribution in [2.75, 3.05) is 4.90 Å². The van der Waals surface area contributed by atoms with E-state index in [0.29, 0.717) is 39.9 Å². The minimum absolute atomic E-state index is 0.0945. The predicted molar refractivity (Wildman–Crippen MR) is 214 cm³/mol. The van der Waals surface area contributed by atoms with Gasteiger partial charge in [-0.1, -0.05) is 102 Å². The SMILES string of the molecule is Cc1cc(C)cc(-c2ccc3c4ccc(-c5cc(C(F)(F)F)cc(C(F)(F)F)c5)cc4n(-c4cccc5c4C(=O)N(c4cccc(-c6ccccc6)c4)C5=O)c3c2)c1. The molecule has 0 fully saturated rings. The van der Waals surface area contributed by atoms with Crippen LogP contribution in [0.5, 0.6) is 0 Å². The second-order valence-corrected chi connectivity index (χ2v) is 14.5. The molecular formula is C48H30F6N2O2. The Kier molecular flexibility index (Phi) is 8.43. The number of amides is 2. The first-order chi connectivity index (χ1) is 27.7. The molecule has 8 aromatic rings. The molecule has 2 heterocycles. The van der Waals surface area contributed by atoms with E-state index >= 15 is 0 Å². The molecule has 4 nitrogen and oxygen atoms in total. The van der Waals surface area contributed by atoms with E-state index in [2.05, 4.69) is 6.07 Å². The molecule has 0 saturated carbocycles. The molecule has 0 radical (unpaired) electrons. The van der Waals surface area contributed by atoms with Crippen molar-refractivity contribution in [3.63, 3.8) is 0 Å². The van der Waals surface area contributed by atoms with Crippen LogP contribution in [0, 0.1) is 13.8 Å². The number of fused-ring (bicyclic) bond motifs is 4. The zero-order chi connectivity index (χ0) is 40.7. The fraction of sp³-hybridized carbons (Fsp3) is 0.0833. The van der Waals surface area contributed by atoms with Gasteiger partial charge in [0.05, 0.1) is 44.7 Å².